The molecule has 5 heteroatoms. The first-order valence-corrected chi connectivity index (χ1v) is 22.9. The molecular formula is C61H45N5. The second-order valence-corrected chi connectivity index (χ2v) is 17.4. The molecule has 5 nitrogen and oxygen atoms in total. The zero-order valence-electron chi connectivity index (χ0n) is 37.0. The van der Waals surface area contributed by atoms with E-state index >= 15 is 0 Å². The molecule has 0 unspecified atom stereocenters. The molecule has 0 fully saturated rings. The number of hydrogen-bond acceptors (Lipinski definition) is 1. The highest BCUT2D eigenvalue weighted by Crippen LogP contribution is 2.44. The summed E-state index contributed by atoms with van der Waals surface area (Å²) in [6, 6.07) is 45.5. The largest absolute Gasteiger partial charge is 0.309 e. The molecule has 0 spiro atoms. The molecule has 0 bridgehead atoms. The van der Waals surface area contributed by atoms with Crippen molar-refractivity contribution in [2.75, 3.05) is 0 Å². The second-order valence-electron chi connectivity index (χ2n) is 17.4. The summed E-state index contributed by atoms with van der Waals surface area (Å²) in [6.45, 7) is 12.5. The standard InChI is InChI=1S/C61H45N5/c1-5-16-52-46(7-3)47(8-4)53(17-6-2)63(52)43-28-29-56-50(36-43)51-37-62-31-30-57(51)64(56)44-32-38-24-26-40-34-45(35-41-27-25-39(33-44)58(38)59(40)41)66-55-23-15-13-21-49(55)60-61(66)48-20-12-14-22-54(48)65(60)42-18-10-9-11-19-42/h5-8,10,12-37H,3-4,9,11H2,1-2H3/b16-5-,17-6-. The van der Waals surface area contributed by atoms with Crippen LogP contribution in [-0.4, -0.2) is 23.3 Å². The predicted octanol–water partition coefficient (Wildman–Crippen LogP) is 16.5. The fourth-order valence-electron chi connectivity index (χ4n) is 11.3. The van der Waals surface area contributed by atoms with E-state index in [1.165, 1.54) is 76.5 Å². The summed E-state index contributed by atoms with van der Waals surface area (Å²) < 4.78 is 9.70. The second kappa shape index (κ2) is 14.6. The summed E-state index contributed by atoms with van der Waals surface area (Å²) in [5.74, 6) is 0. The van der Waals surface area contributed by atoms with E-state index in [9.17, 15) is 0 Å². The van der Waals surface area contributed by atoms with Crippen LogP contribution in [0.3, 0.4) is 0 Å². The van der Waals surface area contributed by atoms with Gasteiger partial charge in [0.25, 0.3) is 0 Å². The molecule has 1 aliphatic rings. The first-order chi connectivity index (χ1) is 32.6. The number of benzene rings is 7. The molecule has 66 heavy (non-hydrogen) atoms. The summed E-state index contributed by atoms with van der Waals surface area (Å²) in [5, 5.41) is 12.2. The van der Waals surface area contributed by atoms with Crippen LogP contribution in [0, 0.1) is 0 Å². The van der Waals surface area contributed by atoms with Gasteiger partial charge in [-0.2, -0.15) is 0 Å². The van der Waals surface area contributed by atoms with Crippen molar-refractivity contribution in [3.05, 3.63) is 200 Å². The van der Waals surface area contributed by atoms with Crippen LogP contribution < -0.4 is 0 Å². The van der Waals surface area contributed by atoms with Crippen molar-refractivity contribution in [3.8, 4) is 17.1 Å². The van der Waals surface area contributed by atoms with E-state index in [2.05, 4.69) is 214 Å². The van der Waals surface area contributed by atoms with Crippen LogP contribution in [0.5, 0.6) is 0 Å². The maximum Gasteiger partial charge on any atom is 0.0803 e. The molecule has 12 aromatic rings. The van der Waals surface area contributed by atoms with Gasteiger partial charge in [-0.15, -0.1) is 0 Å². The Morgan fingerprint density at radius 3 is 1.62 bits per heavy atom. The topological polar surface area (TPSA) is 32.6 Å². The van der Waals surface area contributed by atoms with E-state index in [1.807, 2.05) is 24.5 Å². The van der Waals surface area contributed by atoms with Gasteiger partial charge in [-0.05, 0) is 138 Å². The fraction of sp³-hybridized carbons (Fsp3) is 0.0656. The van der Waals surface area contributed by atoms with Crippen LogP contribution in [0.1, 0.15) is 49.2 Å². The average Bonchev–Trinajstić information content (AvgIpc) is 4.07. The summed E-state index contributed by atoms with van der Waals surface area (Å²) in [4.78, 5) is 4.64. The summed E-state index contributed by atoms with van der Waals surface area (Å²) in [6.07, 6.45) is 25.4. The van der Waals surface area contributed by atoms with Gasteiger partial charge in [0.15, 0.2) is 0 Å². The smallest absolute Gasteiger partial charge is 0.0803 e. The Kier molecular flexibility index (Phi) is 8.40. The lowest BCUT2D eigenvalue weighted by Gasteiger charge is -2.17. The summed E-state index contributed by atoms with van der Waals surface area (Å²) >= 11 is 0. The van der Waals surface area contributed by atoms with Crippen LogP contribution in [0.25, 0.3) is 134 Å². The Labute approximate surface area is 382 Å². The third-order valence-electron chi connectivity index (χ3n) is 13.9. The lowest BCUT2D eigenvalue weighted by atomic mass is 9.93. The Morgan fingerprint density at radius 2 is 1.05 bits per heavy atom. The fourth-order valence-corrected chi connectivity index (χ4v) is 11.3. The Hall–Kier alpha value is -8.41. The molecule has 0 N–H and O–H groups in total. The molecule has 7 aromatic carbocycles. The zero-order valence-corrected chi connectivity index (χ0v) is 37.0. The quantitative estimate of drug-likeness (QED) is 0.140. The molecule has 314 valence electrons. The highest BCUT2D eigenvalue weighted by molar-refractivity contribution is 6.25. The van der Waals surface area contributed by atoms with Crippen LogP contribution in [0.15, 0.2) is 177 Å². The van der Waals surface area contributed by atoms with E-state index < -0.39 is 0 Å². The molecular weight excluding hydrogens is 803 g/mol. The van der Waals surface area contributed by atoms with Gasteiger partial charge in [-0.3, -0.25) is 4.98 Å². The first-order valence-electron chi connectivity index (χ1n) is 22.9. The third-order valence-corrected chi connectivity index (χ3v) is 13.9. The molecule has 5 aromatic heterocycles. The molecule has 1 aliphatic carbocycles. The maximum atomic E-state index is 4.64. The van der Waals surface area contributed by atoms with Crippen LogP contribution in [0.2, 0.25) is 0 Å². The van der Waals surface area contributed by atoms with Gasteiger partial charge in [-0.25, -0.2) is 0 Å². The minimum Gasteiger partial charge on any atom is -0.309 e. The lowest BCUT2D eigenvalue weighted by molar-refractivity contribution is 1.02. The molecule has 0 radical (unpaired) electrons. The first kappa shape index (κ1) is 38.1. The predicted molar refractivity (Wildman–Crippen MR) is 284 cm³/mol. The number of rotatable bonds is 8. The van der Waals surface area contributed by atoms with Gasteiger partial charge in [0.05, 0.1) is 44.5 Å². The number of nitrogens with zero attached hydrogens (tertiary/aromatic N) is 5. The van der Waals surface area contributed by atoms with Gasteiger partial charge < -0.3 is 18.3 Å². The van der Waals surface area contributed by atoms with E-state index in [4.69, 9.17) is 0 Å². The van der Waals surface area contributed by atoms with Gasteiger partial charge in [-0.1, -0.05) is 110 Å². The zero-order chi connectivity index (χ0) is 44.2. The number of pyridine rings is 1. The van der Waals surface area contributed by atoms with Crippen molar-refractivity contribution in [1.29, 1.82) is 0 Å². The number of allylic oxidation sites excluding steroid dienone is 6. The average molecular weight is 848 g/mol. The minimum absolute atomic E-state index is 1.05. The Bertz CT molecular complexity index is 4050. The van der Waals surface area contributed by atoms with Crippen molar-refractivity contribution in [3.63, 3.8) is 0 Å². The van der Waals surface area contributed by atoms with E-state index in [0.717, 1.165) is 68.5 Å². The minimum atomic E-state index is 1.05. The summed E-state index contributed by atoms with van der Waals surface area (Å²) in [7, 11) is 0. The molecule has 5 heterocycles. The van der Waals surface area contributed by atoms with E-state index in [1.54, 1.807) is 0 Å². The SMILES string of the molecule is C=Cc1c(C=C)c(/C=C\C)n(-c2ccc3c(c2)c2cnccc2n3-c2cc3ccc4cc(-n5c6ccccc6c6c5c5ccccc5n6C5=CCCC=C5)cc5ccc(c2)c3c45)c1/C=C\C. The normalized spacial score (nSPS) is 13.5. The van der Waals surface area contributed by atoms with Crippen molar-refractivity contribution >= 4 is 117 Å². The molecule has 0 saturated carbocycles. The molecule has 0 aliphatic heterocycles. The number of para-hydroxylation sites is 2. The van der Waals surface area contributed by atoms with Gasteiger partial charge in [0, 0.05) is 67.8 Å². The van der Waals surface area contributed by atoms with Gasteiger partial charge in [0.1, 0.15) is 0 Å². The number of aromatic nitrogens is 5. The van der Waals surface area contributed by atoms with Gasteiger partial charge in [0.2, 0.25) is 0 Å². The Morgan fingerprint density at radius 1 is 0.500 bits per heavy atom. The van der Waals surface area contributed by atoms with Crippen LogP contribution in [0.4, 0.5) is 0 Å². The molecule has 0 atom stereocenters. The lowest BCUT2D eigenvalue weighted by Crippen LogP contribution is -2.00. The van der Waals surface area contributed by atoms with Crippen molar-refractivity contribution in [2.45, 2.75) is 26.7 Å². The number of hydrogen-bond donors (Lipinski definition) is 0. The summed E-state index contributed by atoms with van der Waals surface area (Å²) in [5.41, 5.74) is 16.0. The molecule has 13 rings (SSSR count). The van der Waals surface area contributed by atoms with Crippen molar-refractivity contribution in [1.82, 2.24) is 23.3 Å². The van der Waals surface area contributed by atoms with E-state index in [-0.39, 0.29) is 0 Å². The molecule has 0 saturated heterocycles. The monoisotopic (exact) mass is 847 g/mol. The maximum absolute atomic E-state index is 4.64. The van der Waals surface area contributed by atoms with Crippen molar-refractivity contribution < 1.29 is 0 Å². The van der Waals surface area contributed by atoms with E-state index in [0.29, 0.717) is 0 Å². The number of fused-ring (bicyclic) bond motifs is 8. The Balaban J connectivity index is 0.998. The highest BCUT2D eigenvalue weighted by Gasteiger charge is 2.24. The third kappa shape index (κ3) is 5.25. The van der Waals surface area contributed by atoms with Gasteiger partial charge >= 0.3 is 0 Å². The molecule has 0 amide bonds. The van der Waals surface area contributed by atoms with Crippen LogP contribution in [-0.2, 0) is 0 Å². The highest BCUT2D eigenvalue weighted by atomic mass is 15.1. The van der Waals surface area contributed by atoms with Crippen molar-refractivity contribution in [2.24, 2.45) is 0 Å². The van der Waals surface area contributed by atoms with Crippen LogP contribution >= 0.6 is 0 Å².